The molecule has 0 saturated heterocycles. The third-order valence-corrected chi connectivity index (χ3v) is 3.40. The molecule has 0 aliphatic rings. The van der Waals surface area contributed by atoms with E-state index in [-0.39, 0.29) is 5.91 Å². The van der Waals surface area contributed by atoms with Crippen LogP contribution in [0.1, 0.15) is 12.5 Å². The first-order chi connectivity index (χ1) is 10.1. The van der Waals surface area contributed by atoms with Gasteiger partial charge in [-0.25, -0.2) is 0 Å². The van der Waals surface area contributed by atoms with Crippen LogP contribution in [-0.2, 0) is 4.79 Å². The maximum atomic E-state index is 12.1. The van der Waals surface area contributed by atoms with Crippen molar-refractivity contribution in [1.29, 1.82) is 5.26 Å². The Bertz CT molecular complexity index is 680. The van der Waals surface area contributed by atoms with Gasteiger partial charge in [0.2, 0.25) is 5.91 Å². The van der Waals surface area contributed by atoms with Crippen LogP contribution in [0.15, 0.2) is 53.0 Å². The fourth-order valence-electron chi connectivity index (χ4n) is 1.80. The Hall–Kier alpha value is -2.32. The Morgan fingerprint density at radius 1 is 1.24 bits per heavy atom. The van der Waals surface area contributed by atoms with Gasteiger partial charge < -0.3 is 10.6 Å². The fraction of sp³-hybridized carbons (Fsp3) is 0.125. The van der Waals surface area contributed by atoms with E-state index in [9.17, 15) is 4.79 Å². The van der Waals surface area contributed by atoms with E-state index in [1.807, 2.05) is 30.3 Å². The monoisotopic (exact) mass is 343 g/mol. The third kappa shape index (κ3) is 4.07. The maximum absolute atomic E-state index is 12.1. The van der Waals surface area contributed by atoms with Gasteiger partial charge in [-0.2, -0.15) is 5.26 Å². The van der Waals surface area contributed by atoms with E-state index >= 15 is 0 Å². The van der Waals surface area contributed by atoms with Crippen LogP contribution in [0.4, 0.5) is 11.4 Å². The van der Waals surface area contributed by atoms with Crippen LogP contribution >= 0.6 is 15.9 Å². The van der Waals surface area contributed by atoms with Crippen molar-refractivity contribution in [3.63, 3.8) is 0 Å². The standard InChI is InChI=1S/C16H14BrN3O/c1-11(16(21)20-14-5-3-2-4-6-14)19-15-9-13(17)8-7-12(15)10-18/h2-9,11,19H,1H3,(H,20,21). The predicted octanol–water partition coefficient (Wildman–Crippen LogP) is 3.76. The largest absolute Gasteiger partial charge is 0.373 e. The van der Waals surface area contributed by atoms with Crippen molar-refractivity contribution in [1.82, 2.24) is 0 Å². The molecule has 0 heterocycles. The van der Waals surface area contributed by atoms with Crippen molar-refractivity contribution >= 4 is 33.2 Å². The van der Waals surface area contributed by atoms with E-state index in [1.165, 1.54) is 0 Å². The summed E-state index contributed by atoms with van der Waals surface area (Å²) in [6.45, 7) is 1.75. The lowest BCUT2D eigenvalue weighted by Gasteiger charge is -2.16. The molecule has 106 valence electrons. The van der Waals surface area contributed by atoms with Crippen molar-refractivity contribution in [3.05, 3.63) is 58.6 Å². The number of rotatable bonds is 4. The zero-order chi connectivity index (χ0) is 15.2. The topological polar surface area (TPSA) is 64.9 Å². The molecule has 5 heteroatoms. The molecule has 0 fully saturated rings. The van der Waals surface area contributed by atoms with Gasteiger partial charge in [0.25, 0.3) is 0 Å². The lowest BCUT2D eigenvalue weighted by molar-refractivity contribution is -0.116. The first kappa shape index (κ1) is 15.1. The van der Waals surface area contributed by atoms with Crippen LogP contribution in [0, 0.1) is 11.3 Å². The number of nitriles is 1. The van der Waals surface area contributed by atoms with Crippen molar-refractivity contribution in [2.75, 3.05) is 10.6 Å². The van der Waals surface area contributed by atoms with E-state index in [1.54, 1.807) is 25.1 Å². The smallest absolute Gasteiger partial charge is 0.246 e. The highest BCUT2D eigenvalue weighted by Crippen LogP contribution is 2.21. The van der Waals surface area contributed by atoms with Gasteiger partial charge in [-0.1, -0.05) is 34.1 Å². The molecule has 0 saturated carbocycles. The number of para-hydroxylation sites is 1. The molecule has 4 nitrogen and oxygen atoms in total. The molecule has 2 aromatic rings. The van der Waals surface area contributed by atoms with E-state index in [2.05, 4.69) is 32.6 Å². The lowest BCUT2D eigenvalue weighted by Crippen LogP contribution is -2.32. The molecule has 0 bridgehead atoms. The molecule has 2 N–H and O–H groups in total. The number of benzene rings is 2. The van der Waals surface area contributed by atoms with Crippen molar-refractivity contribution in [2.45, 2.75) is 13.0 Å². The van der Waals surface area contributed by atoms with Crippen LogP contribution in [0.5, 0.6) is 0 Å². The molecule has 0 aliphatic heterocycles. The second-order valence-electron chi connectivity index (χ2n) is 4.52. The zero-order valence-corrected chi connectivity index (χ0v) is 13.0. The van der Waals surface area contributed by atoms with Crippen LogP contribution in [0.3, 0.4) is 0 Å². The van der Waals surface area contributed by atoms with E-state index in [0.717, 1.165) is 10.2 Å². The summed E-state index contributed by atoms with van der Waals surface area (Å²) in [5, 5.41) is 15.0. The number of nitrogens with zero attached hydrogens (tertiary/aromatic N) is 1. The molecule has 21 heavy (non-hydrogen) atoms. The van der Waals surface area contributed by atoms with E-state index in [0.29, 0.717) is 11.3 Å². The number of anilines is 2. The van der Waals surface area contributed by atoms with Crippen molar-refractivity contribution in [3.8, 4) is 6.07 Å². The van der Waals surface area contributed by atoms with Gasteiger partial charge in [-0.3, -0.25) is 4.79 Å². The first-order valence-electron chi connectivity index (χ1n) is 6.42. The third-order valence-electron chi connectivity index (χ3n) is 2.91. The van der Waals surface area contributed by atoms with Gasteiger partial charge >= 0.3 is 0 Å². The highest BCUT2D eigenvalue weighted by Gasteiger charge is 2.14. The summed E-state index contributed by atoms with van der Waals surface area (Å²) in [5.74, 6) is -0.162. The number of halogens is 1. The summed E-state index contributed by atoms with van der Waals surface area (Å²) in [5.41, 5.74) is 1.87. The molecule has 0 spiro atoms. The molecular formula is C16H14BrN3O. The Morgan fingerprint density at radius 2 is 1.95 bits per heavy atom. The Morgan fingerprint density at radius 3 is 2.62 bits per heavy atom. The number of nitrogens with one attached hydrogen (secondary N) is 2. The summed E-state index contributed by atoms with van der Waals surface area (Å²) in [6.07, 6.45) is 0. The number of hydrogen-bond donors (Lipinski definition) is 2. The summed E-state index contributed by atoms with van der Waals surface area (Å²) < 4.78 is 0.847. The number of carbonyl (C=O) groups excluding carboxylic acids is 1. The quantitative estimate of drug-likeness (QED) is 0.888. The Kier molecular flexibility index (Phi) is 4.96. The second kappa shape index (κ2) is 6.91. The van der Waals surface area contributed by atoms with E-state index < -0.39 is 6.04 Å². The second-order valence-corrected chi connectivity index (χ2v) is 5.44. The molecule has 2 aromatic carbocycles. The van der Waals surface area contributed by atoms with Gasteiger partial charge in [-0.15, -0.1) is 0 Å². The molecule has 1 amide bonds. The number of amides is 1. The van der Waals surface area contributed by atoms with Gasteiger partial charge in [0.15, 0.2) is 0 Å². The maximum Gasteiger partial charge on any atom is 0.246 e. The number of hydrogen-bond acceptors (Lipinski definition) is 3. The Labute approximate surface area is 131 Å². The minimum absolute atomic E-state index is 0.162. The van der Waals surface area contributed by atoms with Gasteiger partial charge in [0.1, 0.15) is 12.1 Å². The van der Waals surface area contributed by atoms with Gasteiger partial charge in [0.05, 0.1) is 11.3 Å². The van der Waals surface area contributed by atoms with Gasteiger partial charge in [-0.05, 0) is 37.3 Å². The molecule has 0 aliphatic carbocycles. The average Bonchev–Trinajstić information content (AvgIpc) is 2.48. The van der Waals surface area contributed by atoms with E-state index in [4.69, 9.17) is 5.26 Å². The van der Waals surface area contributed by atoms with Crippen molar-refractivity contribution in [2.24, 2.45) is 0 Å². The zero-order valence-electron chi connectivity index (χ0n) is 11.4. The molecule has 1 unspecified atom stereocenters. The molecule has 2 rings (SSSR count). The highest BCUT2D eigenvalue weighted by atomic mass is 79.9. The fourth-order valence-corrected chi connectivity index (χ4v) is 2.17. The minimum atomic E-state index is -0.466. The predicted molar refractivity (Wildman–Crippen MR) is 87.0 cm³/mol. The summed E-state index contributed by atoms with van der Waals surface area (Å²) in [4.78, 5) is 12.1. The summed E-state index contributed by atoms with van der Waals surface area (Å²) >= 11 is 3.36. The molecule has 0 aromatic heterocycles. The van der Waals surface area contributed by atoms with Gasteiger partial charge in [0, 0.05) is 10.2 Å². The normalized spacial score (nSPS) is 11.3. The minimum Gasteiger partial charge on any atom is -0.373 e. The Balaban J connectivity index is 2.08. The SMILES string of the molecule is CC(Nc1cc(Br)ccc1C#N)C(=O)Nc1ccccc1. The molecule has 0 radical (unpaired) electrons. The van der Waals surface area contributed by atoms with Crippen LogP contribution < -0.4 is 10.6 Å². The number of carbonyl (C=O) groups is 1. The first-order valence-corrected chi connectivity index (χ1v) is 7.21. The van der Waals surface area contributed by atoms with Crippen LogP contribution in [-0.4, -0.2) is 11.9 Å². The average molecular weight is 344 g/mol. The molecular weight excluding hydrogens is 330 g/mol. The van der Waals surface area contributed by atoms with Crippen molar-refractivity contribution < 1.29 is 4.79 Å². The van der Waals surface area contributed by atoms with Crippen LogP contribution in [0.2, 0.25) is 0 Å². The summed E-state index contributed by atoms with van der Waals surface area (Å²) in [7, 11) is 0. The van der Waals surface area contributed by atoms with Crippen LogP contribution in [0.25, 0.3) is 0 Å². The molecule has 1 atom stereocenters. The lowest BCUT2D eigenvalue weighted by atomic mass is 10.1. The summed E-state index contributed by atoms with van der Waals surface area (Å²) in [6, 6.07) is 16.2. The highest BCUT2D eigenvalue weighted by molar-refractivity contribution is 9.10.